The average Bonchev–Trinajstić information content (AvgIpc) is 2.54. The Morgan fingerprint density at radius 2 is 1.88 bits per heavy atom. The number of allylic oxidation sites excluding steroid dienone is 1. The normalized spacial score (nSPS) is 23.6. The summed E-state index contributed by atoms with van der Waals surface area (Å²) in [6.07, 6.45) is 4.31. The van der Waals surface area contributed by atoms with E-state index in [1.54, 1.807) is 6.07 Å². The Kier molecular flexibility index (Phi) is 5.24. The van der Waals surface area contributed by atoms with Crippen molar-refractivity contribution in [2.45, 2.75) is 46.8 Å². The molecule has 5 nitrogen and oxygen atoms in total. The van der Waals surface area contributed by atoms with E-state index in [2.05, 4.69) is 44.4 Å². The van der Waals surface area contributed by atoms with E-state index in [0.29, 0.717) is 35.0 Å². The number of amides is 1. The quantitative estimate of drug-likeness (QED) is 0.776. The Hall–Kier alpha value is -2.32. The third-order valence-corrected chi connectivity index (χ3v) is 5.24. The minimum atomic E-state index is -0.0440. The molecule has 2 N–H and O–H groups in total. The molecule has 134 valence electrons. The van der Waals surface area contributed by atoms with Crippen LogP contribution in [0, 0.1) is 22.2 Å². The van der Waals surface area contributed by atoms with Crippen LogP contribution in [0.4, 0.5) is 5.69 Å². The van der Waals surface area contributed by atoms with Crippen molar-refractivity contribution >= 4 is 18.2 Å². The number of hydrogen-bond donors (Lipinski definition) is 2. The fraction of sp³-hybridized carbons (Fsp3) is 0.500. The van der Waals surface area contributed by atoms with Gasteiger partial charge in [0.1, 0.15) is 17.9 Å². The third kappa shape index (κ3) is 3.03. The fourth-order valence-corrected chi connectivity index (χ4v) is 4.64. The topological polar surface area (TPSA) is 74.2 Å². The molecule has 0 spiro atoms. The van der Waals surface area contributed by atoms with Crippen LogP contribution in [0.5, 0.6) is 5.75 Å². The van der Waals surface area contributed by atoms with Gasteiger partial charge in [0, 0.05) is 22.4 Å². The molecule has 1 aliphatic rings. The van der Waals surface area contributed by atoms with Gasteiger partial charge in [0.2, 0.25) is 6.41 Å². The summed E-state index contributed by atoms with van der Waals surface area (Å²) in [5, 5.41) is 15.4. The summed E-state index contributed by atoms with van der Waals surface area (Å²) in [5.74, 6) is 0.669. The second-order valence-electron chi connectivity index (χ2n) is 7.64. The molecule has 2 rings (SSSR count). The standard InChI is InChI=1S/C20H27N3O2/c1-7-8-14-15(10-9-13(11-21)16(14)23-12-24)25-18-19(2,3)17(22-6)20(18,4)5/h7-10,12,17-18,22H,1-6H3,(H,23,24)/b8-7-. The molecular weight excluding hydrogens is 314 g/mol. The summed E-state index contributed by atoms with van der Waals surface area (Å²) in [6.45, 7) is 10.6. The van der Waals surface area contributed by atoms with Gasteiger partial charge in [-0.25, -0.2) is 0 Å². The highest BCUT2D eigenvalue weighted by molar-refractivity contribution is 5.85. The van der Waals surface area contributed by atoms with E-state index in [1.807, 2.05) is 32.2 Å². The van der Waals surface area contributed by atoms with Crippen LogP contribution in [0.1, 0.15) is 45.7 Å². The molecule has 0 radical (unpaired) electrons. The largest absolute Gasteiger partial charge is 0.488 e. The Morgan fingerprint density at radius 3 is 2.36 bits per heavy atom. The lowest BCUT2D eigenvalue weighted by Crippen LogP contribution is -2.73. The molecule has 1 aromatic carbocycles. The van der Waals surface area contributed by atoms with Crippen LogP contribution in [0.15, 0.2) is 18.2 Å². The number of nitrogens with zero attached hydrogens (tertiary/aromatic N) is 1. The van der Waals surface area contributed by atoms with Gasteiger partial charge in [-0.05, 0) is 26.1 Å². The molecule has 1 fully saturated rings. The molecule has 0 saturated heterocycles. The number of nitriles is 1. The van der Waals surface area contributed by atoms with E-state index < -0.39 is 0 Å². The molecule has 0 atom stereocenters. The first-order chi connectivity index (χ1) is 11.7. The zero-order valence-electron chi connectivity index (χ0n) is 15.8. The lowest BCUT2D eigenvalue weighted by atomic mass is 9.49. The van der Waals surface area contributed by atoms with Gasteiger partial charge in [-0.1, -0.05) is 39.8 Å². The van der Waals surface area contributed by atoms with Crippen LogP contribution in [0.2, 0.25) is 0 Å². The smallest absolute Gasteiger partial charge is 0.211 e. The summed E-state index contributed by atoms with van der Waals surface area (Å²) >= 11 is 0. The molecule has 0 aliphatic heterocycles. The van der Waals surface area contributed by atoms with Gasteiger partial charge in [-0.3, -0.25) is 4.79 Å². The Labute approximate surface area is 150 Å². The maximum absolute atomic E-state index is 11.0. The van der Waals surface area contributed by atoms with Crippen LogP contribution in [-0.2, 0) is 4.79 Å². The maximum Gasteiger partial charge on any atom is 0.211 e. The van der Waals surface area contributed by atoms with Crippen LogP contribution >= 0.6 is 0 Å². The molecule has 0 unspecified atom stereocenters. The molecule has 0 heterocycles. The first kappa shape index (κ1) is 19.0. The molecule has 1 aromatic rings. The number of nitrogens with one attached hydrogen (secondary N) is 2. The molecule has 25 heavy (non-hydrogen) atoms. The first-order valence-corrected chi connectivity index (χ1v) is 8.49. The van der Waals surface area contributed by atoms with Crippen molar-refractivity contribution in [3.05, 3.63) is 29.3 Å². The molecule has 0 aromatic heterocycles. The number of rotatable bonds is 6. The van der Waals surface area contributed by atoms with E-state index in [0.717, 1.165) is 0 Å². The van der Waals surface area contributed by atoms with Crippen LogP contribution in [0.25, 0.3) is 6.08 Å². The Morgan fingerprint density at radius 1 is 1.24 bits per heavy atom. The van der Waals surface area contributed by atoms with E-state index in [-0.39, 0.29) is 16.9 Å². The second-order valence-corrected chi connectivity index (χ2v) is 7.64. The van der Waals surface area contributed by atoms with E-state index in [1.165, 1.54) is 0 Å². The van der Waals surface area contributed by atoms with Gasteiger partial charge in [0.05, 0.1) is 11.3 Å². The van der Waals surface area contributed by atoms with Crippen molar-refractivity contribution in [3.8, 4) is 11.8 Å². The van der Waals surface area contributed by atoms with Crippen LogP contribution in [-0.4, -0.2) is 25.6 Å². The zero-order valence-corrected chi connectivity index (χ0v) is 15.8. The van der Waals surface area contributed by atoms with Gasteiger partial charge in [0.15, 0.2) is 0 Å². The van der Waals surface area contributed by atoms with Crippen molar-refractivity contribution in [2.75, 3.05) is 12.4 Å². The van der Waals surface area contributed by atoms with E-state index >= 15 is 0 Å². The minimum Gasteiger partial charge on any atom is -0.488 e. The predicted octanol–water partition coefficient (Wildman–Crippen LogP) is 3.56. The van der Waals surface area contributed by atoms with Crippen molar-refractivity contribution in [3.63, 3.8) is 0 Å². The van der Waals surface area contributed by atoms with Crippen LogP contribution in [0.3, 0.4) is 0 Å². The summed E-state index contributed by atoms with van der Waals surface area (Å²) in [6, 6.07) is 5.94. The second kappa shape index (κ2) is 6.89. The zero-order chi connectivity index (χ0) is 18.8. The summed E-state index contributed by atoms with van der Waals surface area (Å²) in [5.41, 5.74) is 1.52. The highest BCUT2D eigenvalue weighted by atomic mass is 16.5. The van der Waals surface area contributed by atoms with Gasteiger partial charge in [0.25, 0.3) is 0 Å². The van der Waals surface area contributed by atoms with E-state index in [9.17, 15) is 10.1 Å². The van der Waals surface area contributed by atoms with E-state index in [4.69, 9.17) is 4.74 Å². The lowest BCUT2D eigenvalue weighted by molar-refractivity contribution is -0.166. The summed E-state index contributed by atoms with van der Waals surface area (Å²) in [7, 11) is 1.98. The molecule has 1 saturated carbocycles. The van der Waals surface area contributed by atoms with Gasteiger partial charge in [-0.2, -0.15) is 5.26 Å². The predicted molar refractivity (Wildman–Crippen MR) is 100 cm³/mol. The van der Waals surface area contributed by atoms with Crippen molar-refractivity contribution < 1.29 is 9.53 Å². The third-order valence-electron chi connectivity index (χ3n) is 5.24. The molecular formula is C20H27N3O2. The minimum absolute atomic E-state index is 0.00141. The monoisotopic (exact) mass is 341 g/mol. The van der Waals surface area contributed by atoms with Gasteiger partial charge >= 0.3 is 0 Å². The summed E-state index contributed by atoms with van der Waals surface area (Å²) < 4.78 is 6.43. The maximum atomic E-state index is 11.0. The Balaban J connectivity index is 2.49. The van der Waals surface area contributed by atoms with Gasteiger partial charge < -0.3 is 15.4 Å². The first-order valence-electron chi connectivity index (χ1n) is 8.49. The SMILES string of the molecule is C/C=C\c1c(OC2C(C)(C)C(NC)C2(C)C)ccc(C#N)c1NC=O. The molecule has 0 bridgehead atoms. The number of carbonyl (C=O) groups is 1. The number of benzene rings is 1. The fourth-order valence-electron chi connectivity index (χ4n) is 4.64. The summed E-state index contributed by atoms with van der Waals surface area (Å²) in [4.78, 5) is 11.0. The molecule has 1 aliphatic carbocycles. The number of hydrogen-bond acceptors (Lipinski definition) is 4. The molecule has 1 amide bonds. The highest BCUT2D eigenvalue weighted by Gasteiger charge is 2.63. The number of ether oxygens (including phenoxy) is 1. The van der Waals surface area contributed by atoms with Crippen molar-refractivity contribution in [2.24, 2.45) is 10.8 Å². The average molecular weight is 341 g/mol. The lowest BCUT2D eigenvalue weighted by Gasteiger charge is -2.63. The Bertz CT molecular complexity index is 713. The van der Waals surface area contributed by atoms with Crippen LogP contribution < -0.4 is 15.4 Å². The number of carbonyl (C=O) groups excluding carboxylic acids is 1. The van der Waals surface area contributed by atoms with Crippen molar-refractivity contribution in [1.29, 1.82) is 5.26 Å². The molecule has 5 heteroatoms. The van der Waals surface area contributed by atoms with Gasteiger partial charge in [-0.15, -0.1) is 0 Å². The number of anilines is 1. The highest BCUT2D eigenvalue weighted by Crippen LogP contribution is 2.55. The van der Waals surface area contributed by atoms with Crippen molar-refractivity contribution in [1.82, 2.24) is 5.32 Å².